The molecule has 1 aliphatic heterocycles. The summed E-state index contributed by atoms with van der Waals surface area (Å²) in [6.45, 7) is 6.75. The Hall–Kier alpha value is -0.910. The molecule has 1 aliphatic carbocycles. The third-order valence-electron chi connectivity index (χ3n) is 4.42. The van der Waals surface area contributed by atoms with E-state index in [1.54, 1.807) is 11.3 Å². The van der Waals surface area contributed by atoms with Crippen LogP contribution in [0.15, 0.2) is 16.8 Å². The molecule has 1 saturated carbocycles. The minimum atomic E-state index is 0.102. The Bertz CT molecular complexity index is 475. The van der Waals surface area contributed by atoms with Crippen molar-refractivity contribution in [2.24, 2.45) is 5.92 Å². The fraction of sp³-hybridized carbons (Fsp3) is 0.688. The van der Waals surface area contributed by atoms with Crippen molar-refractivity contribution < 1.29 is 9.53 Å². The van der Waals surface area contributed by atoms with Crippen LogP contribution >= 0.6 is 11.3 Å². The Morgan fingerprint density at radius 2 is 2.38 bits per heavy atom. The van der Waals surface area contributed by atoms with Crippen LogP contribution in [-0.2, 0) is 16.1 Å². The van der Waals surface area contributed by atoms with E-state index in [-0.39, 0.29) is 24.0 Å². The molecular formula is C16H24N2O2S. The number of hydrogen-bond acceptors (Lipinski definition) is 4. The number of thiophene rings is 1. The molecule has 3 atom stereocenters. The van der Waals surface area contributed by atoms with E-state index >= 15 is 0 Å². The molecular weight excluding hydrogens is 284 g/mol. The lowest BCUT2D eigenvalue weighted by molar-refractivity contribution is -0.125. The number of nitrogens with zero attached hydrogens (tertiary/aromatic N) is 1. The zero-order valence-corrected chi connectivity index (χ0v) is 13.6. The first-order chi connectivity index (χ1) is 10.1. The van der Waals surface area contributed by atoms with Gasteiger partial charge in [-0.3, -0.25) is 9.69 Å². The van der Waals surface area contributed by atoms with Gasteiger partial charge in [-0.25, -0.2) is 0 Å². The van der Waals surface area contributed by atoms with Crippen LogP contribution in [0, 0.1) is 5.92 Å². The van der Waals surface area contributed by atoms with Crippen LogP contribution in [-0.4, -0.2) is 42.1 Å². The number of carbonyl (C=O) groups is 1. The number of fused-ring (bicyclic) bond motifs is 1. The van der Waals surface area contributed by atoms with Crippen LogP contribution < -0.4 is 5.32 Å². The Kier molecular flexibility index (Phi) is 4.62. The van der Waals surface area contributed by atoms with Gasteiger partial charge in [-0.05, 0) is 49.1 Å². The molecule has 1 aromatic rings. The van der Waals surface area contributed by atoms with Crippen LogP contribution in [0.3, 0.4) is 0 Å². The van der Waals surface area contributed by atoms with E-state index in [4.69, 9.17) is 4.74 Å². The lowest BCUT2D eigenvalue weighted by Crippen LogP contribution is -2.47. The van der Waals surface area contributed by atoms with Gasteiger partial charge < -0.3 is 10.1 Å². The molecule has 5 heteroatoms. The Balaban J connectivity index is 1.63. The van der Waals surface area contributed by atoms with Crippen molar-refractivity contribution in [3.8, 4) is 0 Å². The van der Waals surface area contributed by atoms with Crippen molar-refractivity contribution in [1.82, 2.24) is 10.2 Å². The summed E-state index contributed by atoms with van der Waals surface area (Å²) in [6, 6.07) is 2.79. The van der Waals surface area contributed by atoms with Gasteiger partial charge in [0.05, 0.1) is 12.7 Å². The molecule has 0 bridgehead atoms. The highest BCUT2D eigenvalue weighted by molar-refractivity contribution is 7.07. The molecule has 0 spiro atoms. The topological polar surface area (TPSA) is 41.6 Å². The maximum absolute atomic E-state index is 12.2. The normalized spacial score (nSPS) is 29.6. The summed E-state index contributed by atoms with van der Waals surface area (Å²) in [4.78, 5) is 14.7. The van der Waals surface area contributed by atoms with E-state index in [1.165, 1.54) is 5.56 Å². The van der Waals surface area contributed by atoms with Crippen molar-refractivity contribution in [2.75, 3.05) is 13.2 Å². The summed E-state index contributed by atoms with van der Waals surface area (Å²) in [5.74, 6) is 0.295. The molecule has 1 saturated heterocycles. The quantitative estimate of drug-likeness (QED) is 0.927. The minimum absolute atomic E-state index is 0.102. The summed E-state index contributed by atoms with van der Waals surface area (Å²) in [6.07, 6.45) is 2.01. The van der Waals surface area contributed by atoms with Crippen molar-refractivity contribution in [3.63, 3.8) is 0 Å². The Morgan fingerprint density at radius 1 is 1.52 bits per heavy atom. The van der Waals surface area contributed by atoms with Gasteiger partial charge in [0.2, 0.25) is 5.91 Å². The molecule has 1 amide bonds. The second-order valence-electron chi connectivity index (χ2n) is 6.41. The molecule has 116 valence electrons. The van der Waals surface area contributed by atoms with Crippen LogP contribution in [0.1, 0.15) is 32.3 Å². The zero-order chi connectivity index (χ0) is 14.8. The first-order valence-electron chi connectivity index (χ1n) is 7.80. The second kappa shape index (κ2) is 6.46. The highest BCUT2D eigenvalue weighted by atomic mass is 32.1. The standard InChI is InChI=1S/C16H24N2O2S/c1-11(2)17-16(19)13-7-14-15(8-13)20-5-4-18(14)9-12-3-6-21-10-12/h3,6,10-11,13-15H,4-5,7-9H2,1-2H3,(H,17,19)/t13-,14+,15+/m0/s1. The summed E-state index contributed by atoms with van der Waals surface area (Å²) in [7, 11) is 0. The SMILES string of the molecule is CC(C)NC(=O)[C@H]1C[C@@H]2[C@@H](C1)OCCN2Cc1ccsc1. The van der Waals surface area contributed by atoms with E-state index in [1.807, 2.05) is 13.8 Å². The first kappa shape index (κ1) is 15.0. The van der Waals surface area contributed by atoms with Gasteiger partial charge in [-0.2, -0.15) is 11.3 Å². The van der Waals surface area contributed by atoms with Gasteiger partial charge in [0.1, 0.15) is 0 Å². The van der Waals surface area contributed by atoms with Crippen molar-refractivity contribution >= 4 is 17.2 Å². The van der Waals surface area contributed by atoms with Gasteiger partial charge in [-0.1, -0.05) is 0 Å². The van der Waals surface area contributed by atoms with Crippen LogP contribution in [0.2, 0.25) is 0 Å². The second-order valence-corrected chi connectivity index (χ2v) is 7.19. The fourth-order valence-electron chi connectivity index (χ4n) is 3.46. The van der Waals surface area contributed by atoms with Crippen LogP contribution in [0.25, 0.3) is 0 Å². The third kappa shape index (κ3) is 3.47. The molecule has 0 radical (unpaired) electrons. The number of rotatable bonds is 4. The molecule has 2 fully saturated rings. The van der Waals surface area contributed by atoms with E-state index in [0.29, 0.717) is 6.04 Å². The molecule has 0 unspecified atom stereocenters. The maximum atomic E-state index is 12.2. The number of hydrogen-bond donors (Lipinski definition) is 1. The van der Waals surface area contributed by atoms with E-state index < -0.39 is 0 Å². The van der Waals surface area contributed by atoms with Crippen LogP contribution in [0.5, 0.6) is 0 Å². The smallest absolute Gasteiger partial charge is 0.223 e. The summed E-state index contributed by atoms with van der Waals surface area (Å²) < 4.78 is 5.92. The number of ether oxygens (including phenoxy) is 1. The number of amides is 1. The van der Waals surface area contributed by atoms with Gasteiger partial charge in [-0.15, -0.1) is 0 Å². The fourth-order valence-corrected chi connectivity index (χ4v) is 4.12. The van der Waals surface area contributed by atoms with Gasteiger partial charge in [0.25, 0.3) is 0 Å². The summed E-state index contributed by atoms with van der Waals surface area (Å²) >= 11 is 1.74. The molecule has 0 aromatic carbocycles. The van der Waals surface area contributed by atoms with Crippen molar-refractivity contribution in [1.29, 1.82) is 0 Å². The highest BCUT2D eigenvalue weighted by Gasteiger charge is 2.43. The summed E-state index contributed by atoms with van der Waals surface area (Å²) in [5, 5.41) is 7.38. The maximum Gasteiger partial charge on any atom is 0.223 e. The van der Waals surface area contributed by atoms with Gasteiger partial charge >= 0.3 is 0 Å². The van der Waals surface area contributed by atoms with Crippen molar-refractivity contribution in [2.45, 2.75) is 51.4 Å². The van der Waals surface area contributed by atoms with Crippen LogP contribution in [0.4, 0.5) is 0 Å². The largest absolute Gasteiger partial charge is 0.375 e. The molecule has 2 aliphatic rings. The molecule has 2 heterocycles. The number of carbonyl (C=O) groups excluding carboxylic acids is 1. The average Bonchev–Trinajstić information content (AvgIpc) is 3.06. The lowest BCUT2D eigenvalue weighted by Gasteiger charge is -2.37. The number of morpholine rings is 1. The predicted octanol–water partition coefficient (Wildman–Crippen LogP) is 2.25. The molecule has 21 heavy (non-hydrogen) atoms. The third-order valence-corrected chi connectivity index (χ3v) is 5.15. The molecule has 1 N–H and O–H groups in total. The van der Waals surface area contributed by atoms with Gasteiger partial charge in [0.15, 0.2) is 0 Å². The lowest BCUT2D eigenvalue weighted by atomic mass is 10.1. The van der Waals surface area contributed by atoms with E-state index in [0.717, 1.165) is 32.5 Å². The van der Waals surface area contributed by atoms with Crippen molar-refractivity contribution in [3.05, 3.63) is 22.4 Å². The van der Waals surface area contributed by atoms with E-state index in [9.17, 15) is 4.79 Å². The highest BCUT2D eigenvalue weighted by Crippen LogP contribution is 2.35. The zero-order valence-electron chi connectivity index (χ0n) is 12.7. The monoisotopic (exact) mass is 308 g/mol. The molecule has 4 nitrogen and oxygen atoms in total. The molecule has 3 rings (SSSR count). The Labute approximate surface area is 130 Å². The van der Waals surface area contributed by atoms with E-state index in [2.05, 4.69) is 27.0 Å². The number of nitrogens with one attached hydrogen (secondary N) is 1. The minimum Gasteiger partial charge on any atom is -0.375 e. The summed E-state index contributed by atoms with van der Waals surface area (Å²) in [5.41, 5.74) is 1.37. The average molecular weight is 308 g/mol. The van der Waals surface area contributed by atoms with Gasteiger partial charge in [0, 0.05) is 31.1 Å². The predicted molar refractivity (Wildman–Crippen MR) is 84.3 cm³/mol. The molecule has 1 aromatic heterocycles. The first-order valence-corrected chi connectivity index (χ1v) is 8.75. The Morgan fingerprint density at radius 3 is 3.10 bits per heavy atom.